The lowest BCUT2D eigenvalue weighted by Crippen LogP contribution is -2.47. The molecule has 0 bridgehead atoms. The number of carbonyl (C=O) groups is 1. The second-order valence-electron chi connectivity index (χ2n) is 5.38. The lowest BCUT2D eigenvalue weighted by Gasteiger charge is -2.24. The number of nitrogens with one attached hydrogen (secondary N) is 1. The Morgan fingerprint density at radius 1 is 1.35 bits per heavy atom. The molecule has 2 rings (SSSR count). The predicted octanol–water partition coefficient (Wildman–Crippen LogP) is 2.75. The van der Waals surface area contributed by atoms with Crippen LogP contribution in [0.15, 0.2) is 30.3 Å². The van der Waals surface area contributed by atoms with E-state index in [1.54, 1.807) is 0 Å². The summed E-state index contributed by atoms with van der Waals surface area (Å²) in [7, 11) is 0. The van der Waals surface area contributed by atoms with Crippen LogP contribution in [0.2, 0.25) is 0 Å². The maximum atomic E-state index is 12.3. The van der Waals surface area contributed by atoms with Crippen LogP contribution >= 0.6 is 0 Å². The Kier molecular flexibility index (Phi) is 3.34. The summed E-state index contributed by atoms with van der Waals surface area (Å²) in [5, 5.41) is 3.27. The second kappa shape index (κ2) is 4.61. The van der Waals surface area contributed by atoms with E-state index in [4.69, 9.17) is 0 Å². The molecule has 0 amide bonds. The molecule has 1 aromatic carbocycles. The van der Waals surface area contributed by atoms with Crippen LogP contribution in [0.1, 0.15) is 38.7 Å². The van der Waals surface area contributed by atoms with Crippen molar-refractivity contribution in [1.82, 2.24) is 5.32 Å². The van der Waals surface area contributed by atoms with Gasteiger partial charge in [-0.3, -0.25) is 4.79 Å². The van der Waals surface area contributed by atoms with E-state index in [9.17, 15) is 4.79 Å². The average Bonchev–Trinajstić information content (AvgIpc) is 3.09. The average molecular weight is 231 g/mol. The fraction of sp³-hybridized carbons (Fsp3) is 0.533. The molecule has 0 heterocycles. The number of likely N-dealkylation sites (N-methyl/N-ethyl adjacent to an activating group) is 1. The smallest absolute Gasteiger partial charge is 0.155 e. The molecular weight excluding hydrogens is 210 g/mol. The van der Waals surface area contributed by atoms with Crippen LogP contribution in [0.3, 0.4) is 0 Å². The molecule has 0 aromatic heterocycles. The van der Waals surface area contributed by atoms with E-state index in [0.29, 0.717) is 11.7 Å². The highest BCUT2D eigenvalue weighted by atomic mass is 16.1. The largest absolute Gasteiger partial charge is 0.306 e. The fourth-order valence-electron chi connectivity index (χ4n) is 2.55. The topological polar surface area (TPSA) is 29.1 Å². The Hall–Kier alpha value is -1.15. The van der Waals surface area contributed by atoms with Gasteiger partial charge >= 0.3 is 0 Å². The first-order chi connectivity index (χ1) is 8.06. The molecule has 2 heteroatoms. The van der Waals surface area contributed by atoms with Gasteiger partial charge in [0, 0.05) is 5.92 Å². The van der Waals surface area contributed by atoms with Gasteiger partial charge in [-0.1, -0.05) is 37.3 Å². The van der Waals surface area contributed by atoms with Crippen LogP contribution < -0.4 is 5.32 Å². The number of benzene rings is 1. The molecule has 1 N–H and O–H groups in total. The van der Waals surface area contributed by atoms with Crippen molar-refractivity contribution < 1.29 is 4.79 Å². The third-order valence-electron chi connectivity index (χ3n) is 3.59. The van der Waals surface area contributed by atoms with Crippen molar-refractivity contribution in [3.8, 4) is 0 Å². The van der Waals surface area contributed by atoms with E-state index >= 15 is 0 Å². The maximum Gasteiger partial charge on any atom is 0.155 e. The fourth-order valence-corrected chi connectivity index (χ4v) is 2.55. The predicted molar refractivity (Wildman–Crippen MR) is 70.1 cm³/mol. The Balaban J connectivity index is 2.02. The highest BCUT2D eigenvalue weighted by Crippen LogP contribution is 2.49. The highest BCUT2D eigenvalue weighted by molar-refractivity contribution is 5.92. The highest BCUT2D eigenvalue weighted by Gasteiger charge is 2.48. The number of rotatable bonds is 5. The summed E-state index contributed by atoms with van der Waals surface area (Å²) in [6.45, 7) is 6.84. The van der Waals surface area contributed by atoms with E-state index in [-0.39, 0.29) is 11.5 Å². The number of hydrogen-bond acceptors (Lipinski definition) is 2. The normalized spacial score (nSPS) is 23.5. The first kappa shape index (κ1) is 12.3. The zero-order chi connectivity index (χ0) is 12.5. The lowest BCUT2D eigenvalue weighted by molar-refractivity contribution is -0.125. The van der Waals surface area contributed by atoms with Gasteiger partial charge in [0.25, 0.3) is 0 Å². The molecule has 17 heavy (non-hydrogen) atoms. The Morgan fingerprint density at radius 2 is 2.00 bits per heavy atom. The summed E-state index contributed by atoms with van der Waals surface area (Å²) in [6.07, 6.45) is 1.01. The summed E-state index contributed by atoms with van der Waals surface area (Å²) in [5.74, 6) is 1.02. The van der Waals surface area contributed by atoms with E-state index in [0.717, 1.165) is 13.0 Å². The summed E-state index contributed by atoms with van der Waals surface area (Å²) >= 11 is 0. The van der Waals surface area contributed by atoms with Crippen molar-refractivity contribution in [1.29, 1.82) is 0 Å². The molecule has 0 aliphatic heterocycles. The summed E-state index contributed by atoms with van der Waals surface area (Å²) in [5.41, 5.74) is 0.918. The molecule has 0 saturated heterocycles. The van der Waals surface area contributed by atoms with Crippen LogP contribution in [0.5, 0.6) is 0 Å². The van der Waals surface area contributed by atoms with Gasteiger partial charge in [0.15, 0.2) is 5.78 Å². The molecule has 1 aromatic rings. The maximum absolute atomic E-state index is 12.3. The molecule has 0 spiro atoms. The third-order valence-corrected chi connectivity index (χ3v) is 3.59. The summed E-state index contributed by atoms with van der Waals surface area (Å²) in [4.78, 5) is 12.3. The van der Waals surface area contributed by atoms with Crippen molar-refractivity contribution in [2.24, 2.45) is 5.92 Å². The van der Waals surface area contributed by atoms with Crippen molar-refractivity contribution in [2.45, 2.75) is 38.6 Å². The molecule has 2 unspecified atom stereocenters. The number of Topliss-reactive ketones (excluding diaryl/α,β-unsaturated/α-hetero) is 1. The van der Waals surface area contributed by atoms with Crippen LogP contribution in [0.4, 0.5) is 0 Å². The zero-order valence-electron chi connectivity index (χ0n) is 10.9. The molecule has 2 atom stereocenters. The molecule has 1 aliphatic carbocycles. The first-order valence-electron chi connectivity index (χ1n) is 6.40. The van der Waals surface area contributed by atoms with Gasteiger partial charge < -0.3 is 5.32 Å². The molecule has 0 radical (unpaired) electrons. The first-order valence-corrected chi connectivity index (χ1v) is 6.40. The van der Waals surface area contributed by atoms with Gasteiger partial charge in [0.05, 0.1) is 5.54 Å². The third kappa shape index (κ3) is 2.58. The number of ketones is 1. The van der Waals surface area contributed by atoms with E-state index in [2.05, 4.69) is 17.4 Å². The molecular formula is C15H21NO. The van der Waals surface area contributed by atoms with Crippen LogP contribution in [0, 0.1) is 5.92 Å². The molecule has 1 aliphatic rings. The van der Waals surface area contributed by atoms with Gasteiger partial charge in [-0.2, -0.15) is 0 Å². The number of carbonyl (C=O) groups excluding carboxylic acids is 1. The monoisotopic (exact) mass is 231 g/mol. The summed E-state index contributed by atoms with van der Waals surface area (Å²) < 4.78 is 0. The van der Waals surface area contributed by atoms with Gasteiger partial charge in [-0.05, 0) is 38.3 Å². The SMILES string of the molecule is CCNC(C)(C)C(=O)C1CC1c1ccccc1. The lowest BCUT2D eigenvalue weighted by atomic mass is 9.93. The second-order valence-corrected chi connectivity index (χ2v) is 5.38. The van der Waals surface area contributed by atoms with Crippen molar-refractivity contribution >= 4 is 5.78 Å². The quantitative estimate of drug-likeness (QED) is 0.844. The van der Waals surface area contributed by atoms with E-state index in [1.165, 1.54) is 5.56 Å². The van der Waals surface area contributed by atoms with E-state index < -0.39 is 0 Å². The minimum absolute atomic E-state index is 0.214. The van der Waals surface area contributed by atoms with Gasteiger partial charge in [0.2, 0.25) is 0 Å². The Bertz CT molecular complexity index is 397. The van der Waals surface area contributed by atoms with Crippen LogP contribution in [0.25, 0.3) is 0 Å². The standard InChI is InChI=1S/C15H21NO/c1-4-16-15(2,3)14(17)13-10-12(13)11-8-6-5-7-9-11/h5-9,12-13,16H,4,10H2,1-3H3. The van der Waals surface area contributed by atoms with Crippen LogP contribution in [-0.4, -0.2) is 17.9 Å². The Morgan fingerprint density at radius 3 is 2.59 bits per heavy atom. The van der Waals surface area contributed by atoms with Crippen molar-refractivity contribution in [3.05, 3.63) is 35.9 Å². The molecule has 1 saturated carbocycles. The van der Waals surface area contributed by atoms with Gasteiger partial charge in [0.1, 0.15) is 0 Å². The molecule has 92 valence electrons. The van der Waals surface area contributed by atoms with Gasteiger partial charge in [-0.15, -0.1) is 0 Å². The summed E-state index contributed by atoms with van der Waals surface area (Å²) in [6, 6.07) is 10.4. The minimum atomic E-state index is -0.386. The van der Waals surface area contributed by atoms with E-state index in [1.807, 2.05) is 39.0 Å². The minimum Gasteiger partial charge on any atom is -0.306 e. The van der Waals surface area contributed by atoms with Crippen molar-refractivity contribution in [2.75, 3.05) is 6.54 Å². The molecule has 1 fully saturated rings. The Labute approximate surface area is 103 Å². The van der Waals surface area contributed by atoms with Crippen molar-refractivity contribution in [3.63, 3.8) is 0 Å². The molecule has 2 nitrogen and oxygen atoms in total. The zero-order valence-corrected chi connectivity index (χ0v) is 10.9. The van der Waals surface area contributed by atoms with Gasteiger partial charge in [-0.25, -0.2) is 0 Å². The number of hydrogen-bond donors (Lipinski definition) is 1. The van der Waals surface area contributed by atoms with Crippen LogP contribution in [-0.2, 0) is 4.79 Å².